The predicted octanol–water partition coefficient (Wildman–Crippen LogP) is 4.11. The second-order valence-electron chi connectivity index (χ2n) is 8.46. The van der Waals surface area contributed by atoms with Gasteiger partial charge in [0.1, 0.15) is 5.82 Å². The Kier molecular flexibility index (Phi) is 11.4. The number of rotatable bonds is 9. The van der Waals surface area contributed by atoms with E-state index in [2.05, 4.69) is 45.2 Å². The molecule has 1 saturated heterocycles. The lowest BCUT2D eigenvalue weighted by Gasteiger charge is -2.31. The Balaban J connectivity index is 0.00000363. The van der Waals surface area contributed by atoms with Crippen molar-refractivity contribution >= 4 is 29.9 Å². The molecule has 6 nitrogen and oxygen atoms in total. The van der Waals surface area contributed by atoms with Crippen molar-refractivity contribution in [1.82, 2.24) is 25.3 Å². The topological polar surface area (TPSA) is 57.5 Å². The highest BCUT2D eigenvalue weighted by molar-refractivity contribution is 14.0. The van der Waals surface area contributed by atoms with E-state index in [9.17, 15) is 4.39 Å². The van der Waals surface area contributed by atoms with Gasteiger partial charge in [0.05, 0.1) is 5.69 Å². The van der Waals surface area contributed by atoms with E-state index >= 15 is 0 Å². The van der Waals surface area contributed by atoms with Gasteiger partial charge in [-0.3, -0.25) is 14.6 Å². The molecular weight excluding hydrogens is 518 g/mol. The van der Waals surface area contributed by atoms with E-state index in [-0.39, 0.29) is 29.8 Å². The largest absolute Gasteiger partial charge is 0.357 e. The van der Waals surface area contributed by atoms with E-state index in [0.29, 0.717) is 12.5 Å². The SMILES string of the molecule is CCNC(=NCC1CCN(Cc2ccccc2F)CC1)NCCCn1nc(C)cc1C.I. The Morgan fingerprint density at radius 3 is 2.59 bits per heavy atom. The smallest absolute Gasteiger partial charge is 0.191 e. The summed E-state index contributed by atoms with van der Waals surface area (Å²) in [7, 11) is 0. The van der Waals surface area contributed by atoms with Crippen LogP contribution in [0.4, 0.5) is 4.39 Å². The van der Waals surface area contributed by atoms with Crippen molar-refractivity contribution < 1.29 is 4.39 Å². The molecule has 0 unspecified atom stereocenters. The van der Waals surface area contributed by atoms with E-state index in [0.717, 1.165) is 75.7 Å². The highest BCUT2D eigenvalue weighted by Crippen LogP contribution is 2.20. The van der Waals surface area contributed by atoms with Gasteiger partial charge in [0.2, 0.25) is 0 Å². The molecule has 0 saturated carbocycles. The van der Waals surface area contributed by atoms with Gasteiger partial charge in [0.25, 0.3) is 0 Å². The van der Waals surface area contributed by atoms with E-state index in [1.165, 1.54) is 5.69 Å². The molecule has 2 N–H and O–H groups in total. The normalized spacial score (nSPS) is 15.4. The Hall–Kier alpha value is -1.68. The van der Waals surface area contributed by atoms with E-state index < -0.39 is 0 Å². The average Bonchev–Trinajstić information content (AvgIpc) is 3.09. The van der Waals surface area contributed by atoms with Crippen molar-refractivity contribution in [2.75, 3.05) is 32.7 Å². The number of aliphatic imine (C=N–C) groups is 1. The van der Waals surface area contributed by atoms with Crippen molar-refractivity contribution in [2.45, 2.75) is 53.1 Å². The van der Waals surface area contributed by atoms with Gasteiger partial charge < -0.3 is 10.6 Å². The van der Waals surface area contributed by atoms with Crippen LogP contribution in [-0.2, 0) is 13.1 Å². The third kappa shape index (κ3) is 8.35. The number of aromatic nitrogens is 2. The fraction of sp³-hybridized carbons (Fsp3) is 0.583. The van der Waals surface area contributed by atoms with Crippen LogP contribution in [0, 0.1) is 25.6 Å². The first-order valence-electron chi connectivity index (χ1n) is 11.5. The van der Waals surface area contributed by atoms with Gasteiger partial charge in [-0.2, -0.15) is 5.10 Å². The molecule has 1 aliphatic heterocycles. The molecule has 2 aromatic rings. The minimum absolute atomic E-state index is 0. The van der Waals surface area contributed by atoms with Gasteiger partial charge in [-0.05, 0) is 71.2 Å². The van der Waals surface area contributed by atoms with Crippen LogP contribution in [-0.4, -0.2) is 53.4 Å². The maximum atomic E-state index is 13.9. The molecular formula is C24H38FIN6. The number of nitrogens with zero attached hydrogens (tertiary/aromatic N) is 4. The summed E-state index contributed by atoms with van der Waals surface area (Å²) < 4.78 is 16.0. The molecule has 178 valence electrons. The zero-order chi connectivity index (χ0) is 22.1. The fourth-order valence-electron chi connectivity index (χ4n) is 4.09. The second-order valence-corrected chi connectivity index (χ2v) is 8.46. The third-order valence-electron chi connectivity index (χ3n) is 5.85. The second kappa shape index (κ2) is 13.8. The Morgan fingerprint density at radius 1 is 1.19 bits per heavy atom. The average molecular weight is 557 g/mol. The molecule has 0 aliphatic carbocycles. The molecule has 2 heterocycles. The van der Waals surface area contributed by atoms with Crippen LogP contribution in [0.2, 0.25) is 0 Å². The number of piperidine rings is 1. The molecule has 0 spiro atoms. The van der Waals surface area contributed by atoms with Gasteiger partial charge in [-0.25, -0.2) is 4.39 Å². The molecule has 1 aromatic heterocycles. The van der Waals surface area contributed by atoms with Gasteiger partial charge in [-0.1, -0.05) is 18.2 Å². The summed E-state index contributed by atoms with van der Waals surface area (Å²) in [6.45, 7) is 12.4. The van der Waals surface area contributed by atoms with Crippen LogP contribution >= 0.6 is 24.0 Å². The van der Waals surface area contributed by atoms with E-state index in [1.807, 2.05) is 19.1 Å². The number of likely N-dealkylation sites (tertiary alicyclic amines) is 1. The van der Waals surface area contributed by atoms with Crippen LogP contribution in [0.25, 0.3) is 0 Å². The van der Waals surface area contributed by atoms with Crippen LogP contribution in [0.15, 0.2) is 35.3 Å². The number of aryl methyl sites for hydroxylation is 3. The molecule has 32 heavy (non-hydrogen) atoms. The third-order valence-corrected chi connectivity index (χ3v) is 5.85. The molecule has 0 bridgehead atoms. The number of hydrogen-bond donors (Lipinski definition) is 2. The van der Waals surface area contributed by atoms with Crippen LogP contribution < -0.4 is 10.6 Å². The van der Waals surface area contributed by atoms with Gasteiger partial charge in [0, 0.05) is 44.0 Å². The number of halogens is 2. The number of hydrogen-bond acceptors (Lipinski definition) is 3. The lowest BCUT2D eigenvalue weighted by molar-refractivity contribution is 0.179. The van der Waals surface area contributed by atoms with Crippen LogP contribution in [0.5, 0.6) is 0 Å². The van der Waals surface area contributed by atoms with Crippen molar-refractivity contribution in [1.29, 1.82) is 0 Å². The Labute approximate surface area is 209 Å². The fourth-order valence-corrected chi connectivity index (χ4v) is 4.09. The lowest BCUT2D eigenvalue weighted by atomic mass is 9.96. The minimum atomic E-state index is -0.103. The van der Waals surface area contributed by atoms with Crippen molar-refractivity contribution in [3.8, 4) is 0 Å². The van der Waals surface area contributed by atoms with Crippen molar-refractivity contribution in [3.63, 3.8) is 0 Å². The monoisotopic (exact) mass is 556 g/mol. The van der Waals surface area contributed by atoms with Gasteiger partial charge in [-0.15, -0.1) is 24.0 Å². The van der Waals surface area contributed by atoms with Crippen LogP contribution in [0.3, 0.4) is 0 Å². The summed E-state index contributed by atoms with van der Waals surface area (Å²) in [6.07, 6.45) is 3.21. The Bertz CT molecular complexity index is 845. The zero-order valence-corrected chi connectivity index (χ0v) is 21.9. The summed E-state index contributed by atoms with van der Waals surface area (Å²) in [6, 6.07) is 9.20. The summed E-state index contributed by atoms with van der Waals surface area (Å²) >= 11 is 0. The summed E-state index contributed by atoms with van der Waals surface area (Å²) in [5.41, 5.74) is 3.07. The van der Waals surface area contributed by atoms with Crippen molar-refractivity contribution in [3.05, 3.63) is 53.1 Å². The first kappa shape index (κ1) is 26.6. The summed E-state index contributed by atoms with van der Waals surface area (Å²) in [5, 5.41) is 11.3. The molecule has 8 heteroatoms. The van der Waals surface area contributed by atoms with Gasteiger partial charge in [0.15, 0.2) is 5.96 Å². The zero-order valence-electron chi connectivity index (χ0n) is 19.6. The first-order valence-corrected chi connectivity index (χ1v) is 11.5. The molecule has 0 atom stereocenters. The highest BCUT2D eigenvalue weighted by Gasteiger charge is 2.20. The predicted molar refractivity (Wildman–Crippen MR) is 140 cm³/mol. The maximum Gasteiger partial charge on any atom is 0.191 e. The van der Waals surface area contributed by atoms with Crippen molar-refractivity contribution in [2.24, 2.45) is 10.9 Å². The summed E-state index contributed by atoms with van der Waals surface area (Å²) in [5.74, 6) is 1.38. The molecule has 1 fully saturated rings. The molecule has 0 radical (unpaired) electrons. The number of nitrogens with one attached hydrogen (secondary N) is 2. The molecule has 0 amide bonds. The standard InChI is InChI=1S/C24H37FN6.HI/c1-4-26-24(27-12-7-13-31-20(3)16-19(2)29-31)28-17-21-10-14-30(15-11-21)18-22-8-5-6-9-23(22)25;/h5-6,8-9,16,21H,4,7,10-15,17-18H2,1-3H3,(H2,26,27,28);1H. The quantitative estimate of drug-likeness (QED) is 0.211. The number of guanidine groups is 1. The van der Waals surface area contributed by atoms with E-state index in [4.69, 9.17) is 4.99 Å². The first-order chi connectivity index (χ1) is 15.0. The lowest BCUT2D eigenvalue weighted by Crippen LogP contribution is -2.39. The molecule has 1 aliphatic rings. The molecule has 3 rings (SSSR count). The van der Waals surface area contributed by atoms with Gasteiger partial charge >= 0.3 is 0 Å². The molecule has 1 aromatic carbocycles. The Morgan fingerprint density at radius 2 is 1.94 bits per heavy atom. The van der Waals surface area contributed by atoms with Crippen LogP contribution in [0.1, 0.15) is 43.1 Å². The minimum Gasteiger partial charge on any atom is -0.357 e. The number of benzene rings is 1. The maximum absolute atomic E-state index is 13.9. The van der Waals surface area contributed by atoms with E-state index in [1.54, 1.807) is 12.1 Å². The summed E-state index contributed by atoms with van der Waals surface area (Å²) in [4.78, 5) is 7.17. The highest BCUT2D eigenvalue weighted by atomic mass is 127.